The zero-order valence-electron chi connectivity index (χ0n) is 14.3. The predicted molar refractivity (Wildman–Crippen MR) is 101 cm³/mol. The van der Waals surface area contributed by atoms with Crippen LogP contribution in [0.5, 0.6) is 5.75 Å². The number of nitrogens with one attached hydrogen (secondary N) is 1. The maximum atomic E-state index is 9.91. The number of H-pyrrole nitrogens is 1. The van der Waals surface area contributed by atoms with Crippen LogP contribution in [-0.4, -0.2) is 25.1 Å². The molecule has 0 aliphatic heterocycles. The van der Waals surface area contributed by atoms with Crippen LogP contribution in [0.4, 0.5) is 0 Å². The van der Waals surface area contributed by atoms with E-state index in [-0.39, 0.29) is 5.75 Å². The average molecular weight is 354 g/mol. The van der Waals surface area contributed by atoms with Crippen molar-refractivity contribution in [1.82, 2.24) is 20.0 Å². The average Bonchev–Trinajstić information content (AvgIpc) is 3.07. The molecule has 5 nitrogen and oxygen atoms in total. The van der Waals surface area contributed by atoms with Gasteiger partial charge in [-0.15, -0.1) is 5.10 Å². The zero-order chi connectivity index (χ0) is 17.6. The number of hydrogen-bond donors (Lipinski definition) is 2. The van der Waals surface area contributed by atoms with E-state index < -0.39 is 0 Å². The summed E-state index contributed by atoms with van der Waals surface area (Å²) in [5.74, 6) is 0.207. The molecule has 0 aliphatic rings. The van der Waals surface area contributed by atoms with E-state index in [0.29, 0.717) is 4.64 Å². The Morgan fingerprint density at radius 3 is 2.84 bits per heavy atom. The maximum absolute atomic E-state index is 9.91. The first-order valence-electron chi connectivity index (χ1n) is 8.51. The van der Waals surface area contributed by atoms with E-state index in [1.807, 2.05) is 29.1 Å². The highest BCUT2D eigenvalue weighted by Crippen LogP contribution is 2.19. The van der Waals surface area contributed by atoms with Gasteiger partial charge in [-0.05, 0) is 61.9 Å². The molecule has 0 bridgehead atoms. The molecule has 25 heavy (non-hydrogen) atoms. The van der Waals surface area contributed by atoms with Gasteiger partial charge >= 0.3 is 0 Å². The standard InChI is InChI=1S/C19H22N4OS/c1-14-6-5-9-17(12-14)23-13-16(21-22-23)8-4-2-3-7-15-10-11-20-19(25)18(15)24/h5-6,9-13,24H,2-4,7-8H2,1H3,(H,20,25). The summed E-state index contributed by atoms with van der Waals surface area (Å²) >= 11 is 5.03. The molecular weight excluding hydrogens is 332 g/mol. The molecule has 2 aromatic heterocycles. The van der Waals surface area contributed by atoms with Crippen LogP contribution in [0.1, 0.15) is 36.1 Å². The Morgan fingerprint density at radius 2 is 2.00 bits per heavy atom. The number of benzene rings is 1. The normalized spacial score (nSPS) is 10.9. The molecule has 2 N–H and O–H groups in total. The number of rotatable bonds is 7. The van der Waals surface area contributed by atoms with Crippen LogP contribution >= 0.6 is 12.2 Å². The van der Waals surface area contributed by atoms with Gasteiger partial charge in [-0.1, -0.05) is 36.0 Å². The molecule has 6 heteroatoms. The summed E-state index contributed by atoms with van der Waals surface area (Å²) in [5.41, 5.74) is 4.16. The summed E-state index contributed by atoms with van der Waals surface area (Å²) in [6.07, 6.45) is 8.65. The molecule has 130 valence electrons. The number of aryl methyl sites for hydroxylation is 3. The minimum absolute atomic E-state index is 0.207. The van der Waals surface area contributed by atoms with E-state index in [4.69, 9.17) is 12.2 Å². The van der Waals surface area contributed by atoms with E-state index in [1.54, 1.807) is 6.20 Å². The molecule has 0 spiro atoms. The van der Waals surface area contributed by atoms with Gasteiger partial charge in [0.15, 0.2) is 5.75 Å². The monoisotopic (exact) mass is 354 g/mol. The molecule has 3 aromatic rings. The van der Waals surface area contributed by atoms with Crippen molar-refractivity contribution in [2.45, 2.75) is 39.0 Å². The van der Waals surface area contributed by atoms with E-state index >= 15 is 0 Å². The topological polar surface area (TPSA) is 66.7 Å². The van der Waals surface area contributed by atoms with E-state index in [1.165, 1.54) is 5.56 Å². The summed E-state index contributed by atoms with van der Waals surface area (Å²) < 4.78 is 2.23. The fraction of sp³-hybridized carbons (Fsp3) is 0.316. The first-order chi connectivity index (χ1) is 12.1. The van der Waals surface area contributed by atoms with Gasteiger partial charge in [-0.25, -0.2) is 4.68 Å². The van der Waals surface area contributed by atoms with Crippen LogP contribution in [0.15, 0.2) is 42.7 Å². The van der Waals surface area contributed by atoms with Crippen molar-refractivity contribution in [2.75, 3.05) is 0 Å². The number of nitrogens with zero attached hydrogens (tertiary/aromatic N) is 3. The first kappa shape index (κ1) is 17.4. The number of aromatic hydroxyl groups is 1. The highest BCUT2D eigenvalue weighted by atomic mass is 32.1. The van der Waals surface area contributed by atoms with Crippen LogP contribution in [0.2, 0.25) is 0 Å². The lowest BCUT2D eigenvalue weighted by atomic mass is 10.1. The van der Waals surface area contributed by atoms with Gasteiger partial charge in [0.05, 0.1) is 17.6 Å². The Bertz CT molecular complexity index is 900. The second-order valence-corrected chi connectivity index (χ2v) is 6.64. The quantitative estimate of drug-likeness (QED) is 0.490. The lowest BCUT2D eigenvalue weighted by Gasteiger charge is -2.04. The molecule has 0 saturated carbocycles. The van der Waals surface area contributed by atoms with Crippen LogP contribution in [-0.2, 0) is 12.8 Å². The number of hydrogen-bond acceptors (Lipinski definition) is 4. The zero-order valence-corrected chi connectivity index (χ0v) is 15.1. The second-order valence-electron chi connectivity index (χ2n) is 6.23. The number of pyridine rings is 1. The SMILES string of the molecule is Cc1cccc(-n2cc(CCCCCc3cc[nH]c(=S)c3O)nn2)c1. The first-order valence-corrected chi connectivity index (χ1v) is 8.92. The van der Waals surface area contributed by atoms with E-state index in [0.717, 1.165) is 49.0 Å². The molecule has 2 heterocycles. The van der Waals surface area contributed by atoms with Crippen molar-refractivity contribution in [3.63, 3.8) is 0 Å². The minimum Gasteiger partial charge on any atom is -0.505 e. The lowest BCUT2D eigenvalue weighted by Crippen LogP contribution is -1.94. The largest absolute Gasteiger partial charge is 0.505 e. The third-order valence-corrected chi connectivity index (χ3v) is 4.52. The molecule has 0 radical (unpaired) electrons. The second kappa shape index (κ2) is 8.07. The summed E-state index contributed by atoms with van der Waals surface area (Å²) in [6, 6.07) is 10.1. The molecule has 0 saturated heterocycles. The molecule has 1 aromatic carbocycles. The third-order valence-electron chi connectivity index (χ3n) is 4.20. The van der Waals surface area contributed by atoms with Crippen molar-refractivity contribution >= 4 is 12.2 Å². The van der Waals surface area contributed by atoms with E-state index in [9.17, 15) is 5.11 Å². The number of aromatic amines is 1. The highest BCUT2D eigenvalue weighted by Gasteiger charge is 2.05. The molecular formula is C19H22N4OS. The van der Waals surface area contributed by atoms with Gasteiger partial charge in [-0.3, -0.25) is 0 Å². The fourth-order valence-electron chi connectivity index (χ4n) is 2.82. The Kier molecular flexibility index (Phi) is 5.60. The van der Waals surface area contributed by atoms with Crippen LogP contribution < -0.4 is 0 Å². The van der Waals surface area contributed by atoms with Crippen LogP contribution in [0, 0.1) is 11.6 Å². The van der Waals surface area contributed by atoms with Gasteiger partial charge in [-0.2, -0.15) is 0 Å². The smallest absolute Gasteiger partial charge is 0.153 e. The van der Waals surface area contributed by atoms with Crippen molar-refractivity contribution in [3.8, 4) is 11.4 Å². The third kappa shape index (κ3) is 4.54. The fourth-order valence-corrected chi connectivity index (χ4v) is 3.02. The van der Waals surface area contributed by atoms with Crippen LogP contribution in [0.25, 0.3) is 5.69 Å². The van der Waals surface area contributed by atoms with Gasteiger partial charge in [0, 0.05) is 6.20 Å². The Balaban J connectivity index is 1.47. The number of aromatic nitrogens is 4. The summed E-state index contributed by atoms with van der Waals surface area (Å²) in [7, 11) is 0. The van der Waals surface area contributed by atoms with Gasteiger partial charge < -0.3 is 10.1 Å². The van der Waals surface area contributed by atoms with E-state index in [2.05, 4.69) is 34.4 Å². The Morgan fingerprint density at radius 1 is 1.16 bits per heavy atom. The van der Waals surface area contributed by atoms with Gasteiger partial charge in [0.25, 0.3) is 0 Å². The minimum atomic E-state index is 0.207. The van der Waals surface area contributed by atoms with Crippen molar-refractivity contribution < 1.29 is 5.11 Å². The van der Waals surface area contributed by atoms with Crippen LogP contribution in [0.3, 0.4) is 0 Å². The maximum Gasteiger partial charge on any atom is 0.153 e. The van der Waals surface area contributed by atoms with Crippen molar-refractivity contribution in [2.24, 2.45) is 0 Å². The molecule has 0 amide bonds. The lowest BCUT2D eigenvalue weighted by molar-refractivity contribution is 0.461. The van der Waals surface area contributed by atoms with Crippen molar-refractivity contribution in [3.05, 3.63) is 64.2 Å². The summed E-state index contributed by atoms with van der Waals surface area (Å²) in [5, 5.41) is 18.4. The summed E-state index contributed by atoms with van der Waals surface area (Å²) in [4.78, 5) is 2.83. The van der Waals surface area contributed by atoms with Gasteiger partial charge in [0.2, 0.25) is 0 Å². The molecule has 0 atom stereocenters. The van der Waals surface area contributed by atoms with Gasteiger partial charge in [0.1, 0.15) is 4.64 Å². The Labute approximate surface area is 152 Å². The summed E-state index contributed by atoms with van der Waals surface area (Å²) in [6.45, 7) is 2.07. The molecule has 0 unspecified atom stereocenters. The molecule has 0 fully saturated rings. The molecule has 3 rings (SSSR count). The Hall–Kier alpha value is -2.47. The van der Waals surface area contributed by atoms with Crippen molar-refractivity contribution in [1.29, 1.82) is 0 Å². The highest BCUT2D eigenvalue weighted by molar-refractivity contribution is 7.71. The molecule has 0 aliphatic carbocycles. The number of unbranched alkanes of at least 4 members (excludes halogenated alkanes) is 2. The predicted octanol–water partition coefficient (Wildman–Crippen LogP) is 4.29.